The Kier molecular flexibility index (Phi) is 4.05. The lowest BCUT2D eigenvalue weighted by Gasteiger charge is -2.08. The van der Waals surface area contributed by atoms with Gasteiger partial charge in [0, 0.05) is 10.7 Å². The lowest BCUT2D eigenvalue weighted by Crippen LogP contribution is -2.15. The number of nitrogens with zero attached hydrogens (tertiary/aromatic N) is 2. The molecule has 2 aromatic rings. The predicted octanol–water partition coefficient (Wildman–Crippen LogP) is 3.25. The Morgan fingerprint density at radius 1 is 1.35 bits per heavy atom. The van der Waals surface area contributed by atoms with Crippen molar-refractivity contribution < 1.29 is 13.6 Å². The van der Waals surface area contributed by atoms with Crippen molar-refractivity contribution in [1.82, 2.24) is 4.98 Å². The monoisotopic (exact) mass is 337 g/mol. The van der Waals surface area contributed by atoms with Crippen LogP contribution in [0, 0.1) is 23.1 Å². The van der Waals surface area contributed by atoms with Crippen molar-refractivity contribution >= 4 is 27.5 Å². The Balaban J connectivity index is 2.33. The zero-order valence-corrected chi connectivity index (χ0v) is 11.4. The molecular formula is C13H6BrF2N3O. The Morgan fingerprint density at radius 2 is 2.10 bits per heavy atom. The summed E-state index contributed by atoms with van der Waals surface area (Å²) >= 11 is 3.19. The van der Waals surface area contributed by atoms with E-state index < -0.39 is 23.2 Å². The number of aromatic nitrogens is 1. The number of nitriles is 1. The molecule has 0 spiro atoms. The number of rotatable bonds is 2. The van der Waals surface area contributed by atoms with Crippen LogP contribution in [0.5, 0.6) is 0 Å². The van der Waals surface area contributed by atoms with E-state index in [4.69, 9.17) is 5.26 Å². The number of hydrogen-bond donors (Lipinski definition) is 1. The number of amides is 1. The maximum atomic E-state index is 13.4. The molecule has 1 N–H and O–H groups in total. The van der Waals surface area contributed by atoms with E-state index in [0.29, 0.717) is 4.47 Å². The number of anilines is 1. The molecule has 0 aliphatic heterocycles. The highest BCUT2D eigenvalue weighted by Gasteiger charge is 2.17. The summed E-state index contributed by atoms with van der Waals surface area (Å²) in [4.78, 5) is 15.0. The van der Waals surface area contributed by atoms with Crippen LogP contribution in [0.2, 0.25) is 0 Å². The van der Waals surface area contributed by atoms with Gasteiger partial charge < -0.3 is 5.32 Å². The minimum atomic E-state index is -1.35. The maximum absolute atomic E-state index is 13.4. The fraction of sp³-hybridized carbons (Fsp3) is 0. The van der Waals surface area contributed by atoms with Crippen molar-refractivity contribution in [2.75, 3.05) is 5.32 Å². The fourth-order valence-electron chi connectivity index (χ4n) is 1.50. The summed E-state index contributed by atoms with van der Waals surface area (Å²) in [5.74, 6) is -3.54. The van der Waals surface area contributed by atoms with Gasteiger partial charge in [0.25, 0.3) is 5.91 Å². The number of carbonyl (C=O) groups excluding carboxylic acids is 1. The lowest BCUT2D eigenvalue weighted by molar-refractivity contribution is 0.102. The summed E-state index contributed by atoms with van der Waals surface area (Å²) < 4.78 is 27.0. The van der Waals surface area contributed by atoms with E-state index in [-0.39, 0.29) is 11.3 Å². The van der Waals surface area contributed by atoms with Gasteiger partial charge in [-0.3, -0.25) is 4.79 Å². The van der Waals surface area contributed by atoms with Crippen molar-refractivity contribution in [2.24, 2.45) is 0 Å². The van der Waals surface area contributed by atoms with Crippen molar-refractivity contribution in [3.05, 3.63) is 57.8 Å². The van der Waals surface area contributed by atoms with E-state index in [9.17, 15) is 13.6 Å². The van der Waals surface area contributed by atoms with Gasteiger partial charge in [-0.25, -0.2) is 9.37 Å². The molecule has 1 amide bonds. The van der Waals surface area contributed by atoms with E-state index in [1.54, 1.807) is 6.07 Å². The minimum absolute atomic E-state index is 0.197. The summed E-state index contributed by atoms with van der Waals surface area (Å²) in [5.41, 5.74) is -0.0794. The van der Waals surface area contributed by atoms with Crippen molar-refractivity contribution in [1.29, 1.82) is 5.26 Å². The Bertz CT molecular complexity index is 728. The van der Waals surface area contributed by atoms with Gasteiger partial charge >= 0.3 is 0 Å². The third-order valence-electron chi connectivity index (χ3n) is 2.44. The molecule has 1 aromatic heterocycles. The third-order valence-corrected chi connectivity index (χ3v) is 2.93. The van der Waals surface area contributed by atoms with Crippen LogP contribution in [0.3, 0.4) is 0 Å². The first kappa shape index (κ1) is 14.1. The van der Waals surface area contributed by atoms with Gasteiger partial charge in [0.1, 0.15) is 6.07 Å². The molecule has 7 heteroatoms. The van der Waals surface area contributed by atoms with Gasteiger partial charge in [-0.2, -0.15) is 9.65 Å². The molecule has 0 aliphatic carbocycles. The van der Waals surface area contributed by atoms with E-state index in [0.717, 1.165) is 12.3 Å². The summed E-state index contributed by atoms with van der Waals surface area (Å²) in [6, 6.07) is 7.54. The molecule has 0 saturated heterocycles. The first-order chi connectivity index (χ1) is 9.52. The maximum Gasteiger partial charge on any atom is 0.258 e. The quantitative estimate of drug-likeness (QED) is 0.855. The normalized spacial score (nSPS) is 9.90. The molecule has 1 heterocycles. The first-order valence-electron chi connectivity index (χ1n) is 5.34. The molecule has 1 aromatic carbocycles. The van der Waals surface area contributed by atoms with Crippen molar-refractivity contribution in [3.63, 3.8) is 0 Å². The standard InChI is InChI=1S/C13H6BrF2N3O/c14-8-1-2-10(7(5-8)6-17)19-13(20)9-3-4-18-12(16)11(9)15/h1-5H,(H,19,20). The second-order valence-electron chi connectivity index (χ2n) is 3.72. The first-order valence-corrected chi connectivity index (χ1v) is 6.13. The Hall–Kier alpha value is -2.33. The third kappa shape index (κ3) is 2.81. The predicted molar refractivity (Wildman–Crippen MR) is 71.0 cm³/mol. The zero-order chi connectivity index (χ0) is 14.7. The number of pyridine rings is 1. The van der Waals surface area contributed by atoms with Crippen LogP contribution in [-0.2, 0) is 0 Å². The van der Waals surface area contributed by atoms with Gasteiger partial charge in [-0.1, -0.05) is 15.9 Å². The lowest BCUT2D eigenvalue weighted by atomic mass is 10.1. The Labute approximate surface area is 121 Å². The zero-order valence-electron chi connectivity index (χ0n) is 9.82. The molecule has 0 atom stereocenters. The molecule has 100 valence electrons. The van der Waals surface area contributed by atoms with E-state index >= 15 is 0 Å². The average molecular weight is 338 g/mol. The topological polar surface area (TPSA) is 65.8 Å². The SMILES string of the molecule is N#Cc1cc(Br)ccc1NC(=O)c1ccnc(F)c1F. The average Bonchev–Trinajstić information content (AvgIpc) is 2.43. The van der Waals surface area contributed by atoms with Gasteiger partial charge in [-0.15, -0.1) is 0 Å². The highest BCUT2D eigenvalue weighted by Crippen LogP contribution is 2.21. The molecule has 0 fully saturated rings. The highest BCUT2D eigenvalue weighted by atomic mass is 79.9. The number of halogens is 3. The molecule has 2 rings (SSSR count). The van der Waals surface area contributed by atoms with Crippen LogP contribution in [0.1, 0.15) is 15.9 Å². The molecule has 0 saturated carbocycles. The van der Waals surface area contributed by atoms with Crippen LogP contribution in [0.15, 0.2) is 34.9 Å². The molecule has 20 heavy (non-hydrogen) atoms. The summed E-state index contributed by atoms with van der Waals surface area (Å²) in [7, 11) is 0. The van der Waals surface area contributed by atoms with E-state index in [2.05, 4.69) is 26.2 Å². The summed E-state index contributed by atoms with van der Waals surface area (Å²) in [5, 5.41) is 11.3. The van der Waals surface area contributed by atoms with Crippen molar-refractivity contribution in [3.8, 4) is 6.07 Å². The minimum Gasteiger partial charge on any atom is -0.321 e. The van der Waals surface area contributed by atoms with Crippen LogP contribution >= 0.6 is 15.9 Å². The molecular weight excluding hydrogens is 332 g/mol. The largest absolute Gasteiger partial charge is 0.321 e. The number of nitrogens with one attached hydrogen (secondary N) is 1. The van der Waals surface area contributed by atoms with E-state index in [1.165, 1.54) is 12.1 Å². The smallest absolute Gasteiger partial charge is 0.258 e. The van der Waals surface area contributed by atoms with Gasteiger partial charge in [0.2, 0.25) is 5.95 Å². The number of hydrogen-bond acceptors (Lipinski definition) is 3. The molecule has 4 nitrogen and oxygen atoms in total. The Morgan fingerprint density at radius 3 is 2.80 bits per heavy atom. The fourth-order valence-corrected chi connectivity index (χ4v) is 1.86. The van der Waals surface area contributed by atoms with Crippen LogP contribution in [0.4, 0.5) is 14.5 Å². The van der Waals surface area contributed by atoms with Gasteiger partial charge in [-0.05, 0) is 24.3 Å². The summed E-state index contributed by atoms with van der Waals surface area (Å²) in [6.07, 6.45) is 0.986. The molecule has 0 radical (unpaired) electrons. The van der Waals surface area contributed by atoms with Crippen LogP contribution in [0.25, 0.3) is 0 Å². The second kappa shape index (κ2) is 5.75. The number of carbonyl (C=O) groups is 1. The second-order valence-corrected chi connectivity index (χ2v) is 4.63. The molecule has 0 bridgehead atoms. The molecule has 0 unspecified atom stereocenters. The van der Waals surface area contributed by atoms with Crippen LogP contribution < -0.4 is 5.32 Å². The number of benzene rings is 1. The van der Waals surface area contributed by atoms with Gasteiger partial charge in [0.15, 0.2) is 5.82 Å². The van der Waals surface area contributed by atoms with Crippen LogP contribution in [-0.4, -0.2) is 10.9 Å². The summed E-state index contributed by atoms with van der Waals surface area (Å²) in [6.45, 7) is 0. The highest BCUT2D eigenvalue weighted by molar-refractivity contribution is 9.10. The molecule has 0 aliphatic rings. The van der Waals surface area contributed by atoms with Gasteiger partial charge in [0.05, 0.1) is 16.8 Å². The van der Waals surface area contributed by atoms with E-state index in [1.807, 2.05) is 6.07 Å². The van der Waals surface area contributed by atoms with Crippen molar-refractivity contribution in [2.45, 2.75) is 0 Å².